The predicted molar refractivity (Wildman–Crippen MR) is 75.3 cm³/mol. The van der Waals surface area contributed by atoms with E-state index in [9.17, 15) is 4.79 Å². The van der Waals surface area contributed by atoms with Crippen LogP contribution in [0.3, 0.4) is 0 Å². The molecule has 0 aliphatic rings. The maximum atomic E-state index is 11.6. The molecule has 19 heavy (non-hydrogen) atoms. The van der Waals surface area contributed by atoms with Gasteiger partial charge in [0.05, 0.1) is 13.0 Å². The van der Waals surface area contributed by atoms with Gasteiger partial charge in [-0.2, -0.15) is 0 Å². The third-order valence-corrected chi connectivity index (χ3v) is 2.35. The van der Waals surface area contributed by atoms with Crippen LogP contribution in [0, 0.1) is 0 Å². The summed E-state index contributed by atoms with van der Waals surface area (Å²) in [5, 5.41) is 2.80. The van der Waals surface area contributed by atoms with Crippen molar-refractivity contribution in [2.24, 2.45) is 5.73 Å². The van der Waals surface area contributed by atoms with Crippen LogP contribution in [0.1, 0.15) is 19.8 Å². The fourth-order valence-corrected chi connectivity index (χ4v) is 1.45. The second-order valence-electron chi connectivity index (χ2n) is 4.07. The molecule has 0 saturated carbocycles. The highest BCUT2D eigenvalue weighted by molar-refractivity contribution is 5.90. The molecule has 5 heteroatoms. The zero-order valence-electron chi connectivity index (χ0n) is 11.4. The number of nitrogens with one attached hydrogen (secondary N) is 1. The van der Waals surface area contributed by atoms with Crippen LogP contribution in [-0.4, -0.2) is 32.3 Å². The normalized spacial score (nSPS) is 10.2. The molecule has 0 radical (unpaired) electrons. The molecule has 0 bridgehead atoms. The number of rotatable bonds is 9. The number of hydrogen-bond donors (Lipinski definition) is 2. The lowest BCUT2D eigenvalue weighted by Gasteiger charge is -2.08. The van der Waals surface area contributed by atoms with Gasteiger partial charge in [-0.25, -0.2) is 0 Å². The molecular weight excluding hydrogens is 244 g/mol. The Hall–Kier alpha value is -1.59. The highest BCUT2D eigenvalue weighted by Gasteiger charge is 2.02. The fourth-order valence-electron chi connectivity index (χ4n) is 1.45. The molecule has 0 aromatic heterocycles. The fraction of sp³-hybridized carbons (Fsp3) is 0.500. The van der Waals surface area contributed by atoms with E-state index in [1.165, 1.54) is 0 Å². The largest absolute Gasteiger partial charge is 0.492 e. The lowest BCUT2D eigenvalue weighted by atomic mass is 10.3. The van der Waals surface area contributed by atoms with Gasteiger partial charge in [-0.3, -0.25) is 4.79 Å². The van der Waals surface area contributed by atoms with Gasteiger partial charge in [0.15, 0.2) is 0 Å². The topological polar surface area (TPSA) is 73.6 Å². The van der Waals surface area contributed by atoms with Gasteiger partial charge in [0.25, 0.3) is 0 Å². The van der Waals surface area contributed by atoms with Gasteiger partial charge in [-0.05, 0) is 30.7 Å². The van der Waals surface area contributed by atoms with Crippen LogP contribution in [0.4, 0.5) is 5.69 Å². The van der Waals surface area contributed by atoms with Gasteiger partial charge in [-0.15, -0.1) is 0 Å². The molecule has 1 aromatic carbocycles. The maximum Gasteiger partial charge on any atom is 0.226 e. The van der Waals surface area contributed by atoms with Gasteiger partial charge in [0, 0.05) is 18.8 Å². The molecule has 1 amide bonds. The Morgan fingerprint density at radius 3 is 2.58 bits per heavy atom. The third kappa shape index (κ3) is 6.79. The minimum Gasteiger partial charge on any atom is -0.492 e. The smallest absolute Gasteiger partial charge is 0.226 e. The Morgan fingerprint density at radius 1 is 1.21 bits per heavy atom. The van der Waals surface area contributed by atoms with E-state index in [1.54, 1.807) is 24.3 Å². The van der Waals surface area contributed by atoms with Gasteiger partial charge < -0.3 is 20.5 Å². The molecule has 1 rings (SSSR count). The Kier molecular flexibility index (Phi) is 7.62. The average Bonchev–Trinajstić information content (AvgIpc) is 2.43. The Bertz CT molecular complexity index is 365. The highest BCUT2D eigenvalue weighted by atomic mass is 16.5. The molecule has 0 saturated heterocycles. The number of anilines is 1. The van der Waals surface area contributed by atoms with Crippen LogP contribution in [-0.2, 0) is 9.53 Å². The van der Waals surface area contributed by atoms with Gasteiger partial charge in [0.2, 0.25) is 5.91 Å². The monoisotopic (exact) mass is 266 g/mol. The molecule has 0 spiro atoms. The molecule has 106 valence electrons. The van der Waals surface area contributed by atoms with E-state index in [0.29, 0.717) is 32.8 Å². The summed E-state index contributed by atoms with van der Waals surface area (Å²) >= 11 is 0. The van der Waals surface area contributed by atoms with Crippen molar-refractivity contribution in [3.8, 4) is 5.75 Å². The van der Waals surface area contributed by atoms with Crippen LogP contribution >= 0.6 is 0 Å². The van der Waals surface area contributed by atoms with Gasteiger partial charge in [-0.1, -0.05) is 6.92 Å². The minimum atomic E-state index is -0.0493. The van der Waals surface area contributed by atoms with Crippen molar-refractivity contribution in [1.82, 2.24) is 0 Å². The van der Waals surface area contributed by atoms with E-state index < -0.39 is 0 Å². The summed E-state index contributed by atoms with van der Waals surface area (Å²) in [4.78, 5) is 11.6. The zero-order chi connectivity index (χ0) is 13.9. The van der Waals surface area contributed by atoms with Gasteiger partial charge in [0.1, 0.15) is 12.4 Å². The lowest BCUT2D eigenvalue weighted by molar-refractivity contribution is -0.117. The molecule has 3 N–H and O–H groups in total. The molecule has 0 fully saturated rings. The van der Waals surface area contributed by atoms with E-state index in [-0.39, 0.29) is 5.91 Å². The number of amides is 1. The van der Waals surface area contributed by atoms with Gasteiger partial charge >= 0.3 is 0 Å². The number of carbonyl (C=O) groups is 1. The van der Waals surface area contributed by atoms with E-state index >= 15 is 0 Å². The Morgan fingerprint density at radius 2 is 1.95 bits per heavy atom. The predicted octanol–water partition coefficient (Wildman–Crippen LogP) is 1.78. The number of benzene rings is 1. The molecule has 0 aliphatic carbocycles. The van der Waals surface area contributed by atoms with Crippen LogP contribution < -0.4 is 15.8 Å². The zero-order valence-corrected chi connectivity index (χ0v) is 11.4. The standard InChI is InChI=1S/C14H22N2O3/c1-2-9-18-10-7-14(17)16-12-3-5-13(6-4-12)19-11-8-15/h3-6H,2,7-11,15H2,1H3,(H,16,17). The summed E-state index contributed by atoms with van der Waals surface area (Å²) in [5.74, 6) is 0.696. The van der Waals surface area contributed by atoms with E-state index in [2.05, 4.69) is 5.32 Å². The van der Waals surface area contributed by atoms with Crippen LogP contribution in [0.2, 0.25) is 0 Å². The van der Waals surface area contributed by atoms with Crippen molar-refractivity contribution in [3.63, 3.8) is 0 Å². The summed E-state index contributed by atoms with van der Waals surface area (Å²) in [5.41, 5.74) is 6.10. The first kappa shape index (κ1) is 15.5. The van der Waals surface area contributed by atoms with Crippen LogP contribution in [0.25, 0.3) is 0 Å². The Balaban J connectivity index is 2.29. The van der Waals surface area contributed by atoms with Crippen LogP contribution in [0.5, 0.6) is 5.75 Å². The van der Waals surface area contributed by atoms with Crippen molar-refractivity contribution in [3.05, 3.63) is 24.3 Å². The first-order valence-corrected chi connectivity index (χ1v) is 6.56. The SMILES string of the molecule is CCCOCCC(=O)Nc1ccc(OCCN)cc1. The van der Waals surface area contributed by atoms with E-state index in [0.717, 1.165) is 17.9 Å². The van der Waals surface area contributed by atoms with Crippen molar-refractivity contribution in [1.29, 1.82) is 0 Å². The van der Waals surface area contributed by atoms with E-state index in [4.69, 9.17) is 15.2 Å². The van der Waals surface area contributed by atoms with E-state index in [1.807, 2.05) is 6.92 Å². The van der Waals surface area contributed by atoms with Crippen LogP contribution in [0.15, 0.2) is 24.3 Å². The number of ether oxygens (including phenoxy) is 2. The van der Waals surface area contributed by atoms with Crippen molar-refractivity contribution in [2.45, 2.75) is 19.8 Å². The quantitative estimate of drug-likeness (QED) is 0.668. The first-order valence-electron chi connectivity index (χ1n) is 6.56. The lowest BCUT2D eigenvalue weighted by Crippen LogP contribution is -2.14. The maximum absolute atomic E-state index is 11.6. The average molecular weight is 266 g/mol. The molecule has 0 atom stereocenters. The first-order chi connectivity index (χ1) is 9.26. The molecule has 0 aliphatic heterocycles. The summed E-state index contributed by atoms with van der Waals surface area (Å²) in [6.45, 7) is 4.16. The second-order valence-corrected chi connectivity index (χ2v) is 4.07. The number of carbonyl (C=O) groups excluding carboxylic acids is 1. The Labute approximate surface area is 114 Å². The highest BCUT2D eigenvalue weighted by Crippen LogP contribution is 2.15. The molecule has 1 aromatic rings. The van der Waals surface area contributed by atoms with Crippen molar-refractivity contribution < 1.29 is 14.3 Å². The number of nitrogens with two attached hydrogens (primary N) is 1. The summed E-state index contributed by atoms with van der Waals surface area (Å²) in [7, 11) is 0. The summed E-state index contributed by atoms with van der Waals surface area (Å²) in [6.07, 6.45) is 1.33. The molecule has 5 nitrogen and oxygen atoms in total. The van der Waals surface area contributed by atoms with Crippen molar-refractivity contribution >= 4 is 11.6 Å². The molecule has 0 unspecified atom stereocenters. The second kappa shape index (κ2) is 9.35. The molecular formula is C14H22N2O3. The summed E-state index contributed by atoms with van der Waals surface area (Å²) < 4.78 is 10.6. The minimum absolute atomic E-state index is 0.0493. The summed E-state index contributed by atoms with van der Waals surface area (Å²) in [6, 6.07) is 7.21. The third-order valence-electron chi connectivity index (χ3n) is 2.35. The van der Waals surface area contributed by atoms with Crippen molar-refractivity contribution in [2.75, 3.05) is 31.7 Å². The number of hydrogen-bond acceptors (Lipinski definition) is 4. The molecule has 0 heterocycles.